The van der Waals surface area contributed by atoms with E-state index in [1.165, 1.54) is 6.07 Å². The van der Waals surface area contributed by atoms with E-state index in [1.54, 1.807) is 28.6 Å². The normalized spacial score (nSPS) is 18.4. The van der Waals surface area contributed by atoms with E-state index in [1.807, 2.05) is 23.1 Å². The number of benzene rings is 2. The highest BCUT2D eigenvalue weighted by atomic mass is 32.2. The highest BCUT2D eigenvalue weighted by Gasteiger charge is 2.26. The van der Waals surface area contributed by atoms with Crippen molar-refractivity contribution >= 4 is 15.9 Å². The largest absolute Gasteiger partial charge is 0.340 e. The second kappa shape index (κ2) is 10.8. The summed E-state index contributed by atoms with van der Waals surface area (Å²) in [5, 5.41) is 0. The maximum absolute atomic E-state index is 13.9. The Morgan fingerprint density at radius 2 is 1.52 bits per heavy atom. The van der Waals surface area contributed by atoms with Gasteiger partial charge in [-0.3, -0.25) is 9.69 Å². The van der Waals surface area contributed by atoms with Crippen LogP contribution in [0, 0.1) is 5.82 Å². The molecule has 178 valence electrons. The number of halogens is 1. The number of carbonyl (C=O) groups is 1. The number of sulfonamides is 1. The summed E-state index contributed by atoms with van der Waals surface area (Å²) >= 11 is 0. The van der Waals surface area contributed by atoms with E-state index >= 15 is 0 Å². The first-order chi connectivity index (χ1) is 15.9. The maximum atomic E-state index is 13.9. The van der Waals surface area contributed by atoms with Crippen LogP contribution in [0.5, 0.6) is 0 Å². The van der Waals surface area contributed by atoms with Crippen molar-refractivity contribution in [3.8, 4) is 0 Å². The van der Waals surface area contributed by atoms with Crippen molar-refractivity contribution in [3.05, 3.63) is 65.5 Å². The molecule has 1 amide bonds. The Labute approximate surface area is 196 Å². The molecule has 2 fully saturated rings. The molecule has 33 heavy (non-hydrogen) atoms. The van der Waals surface area contributed by atoms with Crippen LogP contribution >= 0.6 is 0 Å². The summed E-state index contributed by atoms with van der Waals surface area (Å²) in [6.07, 6.45) is 3.89. The number of amides is 1. The lowest BCUT2D eigenvalue weighted by Gasteiger charge is -2.35. The molecule has 0 saturated carbocycles. The average molecular weight is 474 g/mol. The molecule has 6 nitrogen and oxygen atoms in total. The molecule has 0 aliphatic carbocycles. The van der Waals surface area contributed by atoms with Crippen molar-refractivity contribution in [3.63, 3.8) is 0 Å². The molecule has 2 saturated heterocycles. The predicted molar refractivity (Wildman–Crippen MR) is 126 cm³/mol. The number of hydrogen-bond donors (Lipinski definition) is 0. The third kappa shape index (κ3) is 5.99. The lowest BCUT2D eigenvalue weighted by molar-refractivity contribution is -0.133. The van der Waals surface area contributed by atoms with Crippen LogP contribution in [0.3, 0.4) is 0 Å². The molecule has 0 aromatic heterocycles. The molecule has 0 atom stereocenters. The van der Waals surface area contributed by atoms with Gasteiger partial charge >= 0.3 is 0 Å². The van der Waals surface area contributed by atoms with E-state index < -0.39 is 10.0 Å². The monoisotopic (exact) mass is 473 g/mol. The maximum Gasteiger partial charge on any atom is 0.243 e. The number of nitrogens with zero attached hydrogens (tertiary/aromatic N) is 3. The molecular weight excluding hydrogens is 441 g/mol. The van der Waals surface area contributed by atoms with Gasteiger partial charge in [0.15, 0.2) is 0 Å². The second-order valence-electron chi connectivity index (χ2n) is 8.86. The van der Waals surface area contributed by atoms with Crippen LogP contribution in [-0.4, -0.2) is 67.7 Å². The fraction of sp³-hybridized carbons (Fsp3) is 0.480. The zero-order chi connectivity index (χ0) is 23.3. The van der Waals surface area contributed by atoms with Crippen LogP contribution in [0.4, 0.5) is 4.39 Å². The van der Waals surface area contributed by atoms with E-state index in [0.717, 1.165) is 37.9 Å². The highest BCUT2D eigenvalue weighted by Crippen LogP contribution is 2.21. The minimum atomic E-state index is -3.43. The third-order valence-corrected chi connectivity index (χ3v) is 8.49. The summed E-state index contributed by atoms with van der Waals surface area (Å²) in [4.78, 5) is 17.0. The predicted octanol–water partition coefficient (Wildman–Crippen LogP) is 3.28. The SMILES string of the molecule is O=C(CCc1ccc(S(=O)(=O)N2CCCCC2)cc1)N1CCN(Cc2ccccc2F)CC1. The number of hydrogen-bond acceptors (Lipinski definition) is 4. The van der Waals surface area contributed by atoms with Gasteiger partial charge in [-0.05, 0) is 43.0 Å². The number of carbonyl (C=O) groups excluding carboxylic acids is 1. The first kappa shape index (κ1) is 23.9. The number of aryl methyl sites for hydroxylation is 1. The molecule has 0 radical (unpaired) electrons. The molecule has 4 rings (SSSR count). The van der Waals surface area contributed by atoms with Crippen molar-refractivity contribution in [1.29, 1.82) is 0 Å². The summed E-state index contributed by atoms with van der Waals surface area (Å²) in [5.41, 5.74) is 1.64. The molecule has 2 heterocycles. The minimum absolute atomic E-state index is 0.102. The zero-order valence-corrected chi connectivity index (χ0v) is 19.8. The lowest BCUT2D eigenvalue weighted by atomic mass is 10.1. The summed E-state index contributed by atoms with van der Waals surface area (Å²) < 4.78 is 41.0. The highest BCUT2D eigenvalue weighted by molar-refractivity contribution is 7.89. The first-order valence-corrected chi connectivity index (χ1v) is 13.2. The van der Waals surface area contributed by atoms with E-state index in [4.69, 9.17) is 0 Å². The Morgan fingerprint density at radius 1 is 0.848 bits per heavy atom. The van der Waals surface area contributed by atoms with Crippen LogP contribution in [0.2, 0.25) is 0 Å². The van der Waals surface area contributed by atoms with Crippen LogP contribution in [0.15, 0.2) is 53.4 Å². The van der Waals surface area contributed by atoms with Gasteiger partial charge in [-0.15, -0.1) is 0 Å². The van der Waals surface area contributed by atoms with Gasteiger partial charge < -0.3 is 4.90 Å². The third-order valence-electron chi connectivity index (χ3n) is 6.58. The molecule has 2 aromatic rings. The van der Waals surface area contributed by atoms with Crippen molar-refractivity contribution in [1.82, 2.24) is 14.1 Å². The van der Waals surface area contributed by atoms with Crippen molar-refractivity contribution < 1.29 is 17.6 Å². The average Bonchev–Trinajstić information content (AvgIpc) is 2.85. The van der Waals surface area contributed by atoms with Crippen LogP contribution < -0.4 is 0 Å². The molecule has 0 spiro atoms. The Morgan fingerprint density at radius 3 is 2.18 bits per heavy atom. The van der Waals surface area contributed by atoms with Gasteiger partial charge in [0.05, 0.1) is 4.90 Å². The quantitative estimate of drug-likeness (QED) is 0.619. The van der Waals surface area contributed by atoms with Crippen molar-refractivity contribution in [2.45, 2.75) is 43.5 Å². The molecule has 8 heteroatoms. The molecule has 0 N–H and O–H groups in total. The van der Waals surface area contributed by atoms with Gasteiger partial charge in [-0.25, -0.2) is 12.8 Å². The van der Waals surface area contributed by atoms with Crippen LogP contribution in [0.1, 0.15) is 36.8 Å². The summed E-state index contributed by atoms with van der Waals surface area (Å²) in [6, 6.07) is 13.8. The van der Waals surface area contributed by atoms with Gasteiger partial charge in [0, 0.05) is 57.8 Å². The van der Waals surface area contributed by atoms with E-state index in [9.17, 15) is 17.6 Å². The second-order valence-corrected chi connectivity index (χ2v) is 10.8. The summed E-state index contributed by atoms with van der Waals surface area (Å²) in [7, 11) is -3.43. The van der Waals surface area contributed by atoms with E-state index in [-0.39, 0.29) is 11.7 Å². The summed E-state index contributed by atoms with van der Waals surface area (Å²) in [6.45, 7) is 4.46. The Kier molecular flexibility index (Phi) is 7.78. The fourth-order valence-corrected chi connectivity index (χ4v) is 6.03. The van der Waals surface area contributed by atoms with Gasteiger partial charge in [-0.2, -0.15) is 4.31 Å². The molecule has 2 aliphatic rings. The molecule has 0 unspecified atom stereocenters. The van der Waals surface area contributed by atoms with Gasteiger partial charge in [0.1, 0.15) is 5.82 Å². The van der Waals surface area contributed by atoms with Gasteiger partial charge in [0.2, 0.25) is 15.9 Å². The molecule has 2 aliphatic heterocycles. The Bertz CT molecular complexity index is 1040. The van der Waals surface area contributed by atoms with E-state index in [2.05, 4.69) is 4.90 Å². The minimum Gasteiger partial charge on any atom is -0.340 e. The smallest absolute Gasteiger partial charge is 0.243 e. The lowest BCUT2D eigenvalue weighted by Crippen LogP contribution is -2.48. The van der Waals surface area contributed by atoms with Crippen molar-refractivity contribution in [2.24, 2.45) is 0 Å². The Hall–Kier alpha value is -2.29. The van der Waals surface area contributed by atoms with Crippen molar-refractivity contribution in [2.75, 3.05) is 39.3 Å². The first-order valence-electron chi connectivity index (χ1n) is 11.8. The number of piperidine rings is 1. The van der Waals surface area contributed by atoms with Gasteiger partial charge in [0.25, 0.3) is 0 Å². The van der Waals surface area contributed by atoms with Gasteiger partial charge in [-0.1, -0.05) is 36.8 Å². The van der Waals surface area contributed by atoms with Crippen LogP contribution in [-0.2, 0) is 27.8 Å². The standard InChI is InChI=1S/C25H32FN3O3S/c26-24-7-3-2-6-22(24)20-27-16-18-28(19-17-27)25(30)13-10-21-8-11-23(12-9-21)33(31,32)29-14-4-1-5-15-29/h2-3,6-9,11-12H,1,4-5,10,13-20H2. The van der Waals surface area contributed by atoms with Crippen LogP contribution in [0.25, 0.3) is 0 Å². The molecule has 0 bridgehead atoms. The topological polar surface area (TPSA) is 60.9 Å². The zero-order valence-electron chi connectivity index (χ0n) is 19.0. The number of rotatable bonds is 7. The molecular formula is C25H32FN3O3S. The Balaban J connectivity index is 1.24. The fourth-order valence-electron chi connectivity index (χ4n) is 4.51. The van der Waals surface area contributed by atoms with E-state index in [0.29, 0.717) is 56.0 Å². The number of piperazine rings is 1. The summed E-state index contributed by atoms with van der Waals surface area (Å²) in [5.74, 6) is -0.0868. The molecule has 2 aromatic carbocycles.